The minimum Gasteiger partial charge on any atom is -0.396 e. The second-order valence-corrected chi connectivity index (χ2v) is 6.67. The molecule has 2 N–H and O–H groups in total. The van der Waals surface area contributed by atoms with E-state index in [1.54, 1.807) is 11.3 Å². The number of aliphatic hydroxyl groups excluding tert-OH is 1. The van der Waals surface area contributed by atoms with E-state index >= 15 is 0 Å². The van der Waals surface area contributed by atoms with Crippen LogP contribution in [0.25, 0.3) is 0 Å². The van der Waals surface area contributed by atoms with Crippen molar-refractivity contribution in [3.05, 3.63) is 20.8 Å². The zero-order chi connectivity index (χ0) is 13.0. The molecule has 18 heavy (non-hydrogen) atoms. The highest BCUT2D eigenvalue weighted by atomic mass is 79.9. The van der Waals surface area contributed by atoms with Gasteiger partial charge >= 0.3 is 0 Å². The summed E-state index contributed by atoms with van der Waals surface area (Å²) in [6.07, 6.45) is 4.37. The van der Waals surface area contributed by atoms with Crippen molar-refractivity contribution in [3.63, 3.8) is 0 Å². The summed E-state index contributed by atoms with van der Waals surface area (Å²) >= 11 is 5.08. The third-order valence-corrected chi connectivity index (χ3v) is 4.96. The lowest BCUT2D eigenvalue weighted by atomic mass is 10.1. The van der Waals surface area contributed by atoms with E-state index in [1.807, 2.05) is 5.38 Å². The monoisotopic (exact) mass is 331 g/mol. The number of rotatable bonds is 7. The van der Waals surface area contributed by atoms with Gasteiger partial charge in [-0.15, -0.1) is 11.3 Å². The van der Waals surface area contributed by atoms with Crippen molar-refractivity contribution in [1.29, 1.82) is 0 Å². The van der Waals surface area contributed by atoms with Crippen LogP contribution in [0.1, 0.15) is 30.6 Å². The molecule has 1 fully saturated rings. The Morgan fingerprint density at radius 1 is 1.61 bits per heavy atom. The Kier molecular flexibility index (Phi) is 5.21. The highest BCUT2D eigenvalue weighted by Crippen LogP contribution is 2.34. The van der Waals surface area contributed by atoms with E-state index in [0.717, 1.165) is 10.9 Å². The summed E-state index contributed by atoms with van der Waals surface area (Å²) in [5.74, 6) is 0.696. The van der Waals surface area contributed by atoms with E-state index in [4.69, 9.17) is 5.11 Å². The number of hydrogen-bond acceptors (Lipinski definition) is 3. The van der Waals surface area contributed by atoms with Crippen LogP contribution in [0, 0.1) is 5.92 Å². The van der Waals surface area contributed by atoms with Crippen molar-refractivity contribution >= 4 is 33.2 Å². The predicted molar refractivity (Wildman–Crippen MR) is 76.7 cm³/mol. The Labute approximate surface area is 120 Å². The number of thiophene rings is 1. The number of halogens is 1. The Bertz CT molecular complexity index is 403. The average Bonchev–Trinajstić information content (AvgIpc) is 3.10. The molecule has 0 aliphatic heterocycles. The standard InChI is InChI=1S/C13H18BrNO2S/c14-10-7-11(18-8-10)3-4-13(17)15-12(5-6-16)9-1-2-9/h7-9,12,16H,1-6H2,(H,15,17). The molecule has 0 saturated heterocycles. The molecule has 1 aliphatic rings. The van der Waals surface area contributed by atoms with Gasteiger partial charge in [0.15, 0.2) is 0 Å². The van der Waals surface area contributed by atoms with Crippen LogP contribution < -0.4 is 5.32 Å². The number of aliphatic hydroxyl groups is 1. The molecule has 1 amide bonds. The van der Waals surface area contributed by atoms with Gasteiger partial charge in [0.1, 0.15) is 0 Å². The number of hydrogen-bond donors (Lipinski definition) is 2. The number of nitrogens with one attached hydrogen (secondary N) is 1. The third-order valence-electron chi connectivity index (χ3n) is 3.20. The van der Waals surface area contributed by atoms with Crippen LogP contribution in [-0.4, -0.2) is 23.7 Å². The molecule has 1 heterocycles. The van der Waals surface area contributed by atoms with Crippen LogP contribution in [-0.2, 0) is 11.2 Å². The van der Waals surface area contributed by atoms with Crippen molar-refractivity contribution in [1.82, 2.24) is 5.32 Å². The SMILES string of the molecule is O=C(CCc1cc(Br)cs1)NC(CCO)C1CC1. The van der Waals surface area contributed by atoms with Gasteiger partial charge in [-0.2, -0.15) is 0 Å². The molecule has 1 unspecified atom stereocenters. The summed E-state index contributed by atoms with van der Waals surface area (Å²) < 4.78 is 1.08. The summed E-state index contributed by atoms with van der Waals surface area (Å²) in [7, 11) is 0. The Morgan fingerprint density at radius 3 is 2.94 bits per heavy atom. The van der Waals surface area contributed by atoms with Crippen molar-refractivity contribution in [2.75, 3.05) is 6.61 Å². The van der Waals surface area contributed by atoms with Gasteiger partial charge in [-0.3, -0.25) is 4.79 Å². The van der Waals surface area contributed by atoms with E-state index in [2.05, 4.69) is 27.3 Å². The molecule has 1 saturated carbocycles. The van der Waals surface area contributed by atoms with Crippen LogP contribution in [0.3, 0.4) is 0 Å². The van der Waals surface area contributed by atoms with Gasteiger partial charge in [0.25, 0.3) is 0 Å². The summed E-state index contributed by atoms with van der Waals surface area (Å²) in [5.41, 5.74) is 0. The van der Waals surface area contributed by atoms with Crippen LogP contribution in [0.5, 0.6) is 0 Å². The quantitative estimate of drug-likeness (QED) is 0.807. The van der Waals surface area contributed by atoms with E-state index in [9.17, 15) is 4.79 Å². The van der Waals surface area contributed by atoms with Crippen LogP contribution >= 0.6 is 27.3 Å². The normalized spacial score (nSPS) is 16.6. The Hall–Kier alpha value is -0.390. The highest BCUT2D eigenvalue weighted by Gasteiger charge is 2.31. The first-order chi connectivity index (χ1) is 8.69. The minimum atomic E-state index is 0.102. The third kappa shape index (κ3) is 4.37. The molecule has 3 nitrogen and oxygen atoms in total. The molecule has 1 atom stereocenters. The first-order valence-electron chi connectivity index (χ1n) is 6.32. The molecule has 0 radical (unpaired) electrons. The zero-order valence-electron chi connectivity index (χ0n) is 10.2. The largest absolute Gasteiger partial charge is 0.396 e. The van der Waals surface area contributed by atoms with Crippen molar-refractivity contribution in [2.45, 2.75) is 38.1 Å². The van der Waals surface area contributed by atoms with Gasteiger partial charge in [-0.25, -0.2) is 0 Å². The number of amides is 1. The van der Waals surface area contributed by atoms with Crippen molar-refractivity contribution < 1.29 is 9.90 Å². The van der Waals surface area contributed by atoms with E-state index in [1.165, 1.54) is 17.7 Å². The fourth-order valence-electron chi connectivity index (χ4n) is 2.06. The lowest BCUT2D eigenvalue weighted by molar-refractivity contribution is -0.122. The lowest BCUT2D eigenvalue weighted by Crippen LogP contribution is -2.37. The topological polar surface area (TPSA) is 49.3 Å². The molecule has 1 aromatic rings. The fourth-order valence-corrected chi connectivity index (χ4v) is 3.52. The summed E-state index contributed by atoms with van der Waals surface area (Å²) in [6.45, 7) is 0.152. The van der Waals surface area contributed by atoms with E-state index in [0.29, 0.717) is 18.8 Å². The van der Waals surface area contributed by atoms with Crippen LogP contribution in [0.2, 0.25) is 0 Å². The highest BCUT2D eigenvalue weighted by molar-refractivity contribution is 9.10. The van der Waals surface area contributed by atoms with Gasteiger partial charge in [0.05, 0.1) is 0 Å². The number of carbonyl (C=O) groups is 1. The summed E-state index contributed by atoms with van der Waals surface area (Å²) in [6, 6.07) is 2.24. The molecule has 0 bridgehead atoms. The maximum atomic E-state index is 11.8. The summed E-state index contributed by atoms with van der Waals surface area (Å²) in [5, 5.41) is 14.1. The predicted octanol–water partition coefficient (Wildman–Crippen LogP) is 2.72. The molecule has 0 aromatic carbocycles. The smallest absolute Gasteiger partial charge is 0.220 e. The average molecular weight is 332 g/mol. The molecule has 1 aliphatic carbocycles. The van der Waals surface area contributed by atoms with Crippen molar-refractivity contribution in [2.24, 2.45) is 5.92 Å². The molecule has 5 heteroatoms. The maximum Gasteiger partial charge on any atom is 0.220 e. The zero-order valence-corrected chi connectivity index (χ0v) is 12.6. The molecular formula is C13H18BrNO2S. The molecular weight excluding hydrogens is 314 g/mol. The van der Waals surface area contributed by atoms with Crippen LogP contribution in [0.4, 0.5) is 0 Å². The molecule has 1 aromatic heterocycles. The second kappa shape index (κ2) is 6.68. The number of aryl methyl sites for hydroxylation is 1. The van der Waals surface area contributed by atoms with Gasteiger partial charge in [-0.05, 0) is 53.6 Å². The Balaban J connectivity index is 1.73. The first-order valence-corrected chi connectivity index (χ1v) is 7.99. The molecule has 100 valence electrons. The first kappa shape index (κ1) is 14.0. The lowest BCUT2D eigenvalue weighted by Gasteiger charge is -2.16. The van der Waals surface area contributed by atoms with Gasteiger partial charge in [0, 0.05) is 33.8 Å². The van der Waals surface area contributed by atoms with Gasteiger partial charge in [0.2, 0.25) is 5.91 Å². The Morgan fingerprint density at radius 2 is 2.39 bits per heavy atom. The molecule has 2 rings (SSSR count). The van der Waals surface area contributed by atoms with E-state index in [-0.39, 0.29) is 18.6 Å². The fraction of sp³-hybridized carbons (Fsp3) is 0.615. The van der Waals surface area contributed by atoms with Gasteiger partial charge < -0.3 is 10.4 Å². The second-order valence-electron chi connectivity index (χ2n) is 4.75. The van der Waals surface area contributed by atoms with Crippen LogP contribution in [0.15, 0.2) is 15.9 Å². The minimum absolute atomic E-state index is 0.102. The summed E-state index contributed by atoms with van der Waals surface area (Å²) in [4.78, 5) is 13.1. The number of carbonyl (C=O) groups excluding carboxylic acids is 1. The van der Waals surface area contributed by atoms with Crippen molar-refractivity contribution in [3.8, 4) is 0 Å². The maximum absolute atomic E-state index is 11.8. The van der Waals surface area contributed by atoms with E-state index < -0.39 is 0 Å². The van der Waals surface area contributed by atoms with Gasteiger partial charge in [-0.1, -0.05) is 0 Å². The molecule has 0 spiro atoms.